The van der Waals surface area contributed by atoms with Gasteiger partial charge >= 0.3 is 0 Å². The van der Waals surface area contributed by atoms with Gasteiger partial charge in [0.1, 0.15) is 5.01 Å². The molecule has 0 fully saturated rings. The van der Waals surface area contributed by atoms with Crippen molar-refractivity contribution in [3.05, 3.63) is 54.6 Å². The van der Waals surface area contributed by atoms with E-state index in [2.05, 4.69) is 33.9 Å². The molecule has 3 aromatic heterocycles. The molecule has 0 atom stereocenters. The molecule has 0 amide bonds. The van der Waals surface area contributed by atoms with Gasteiger partial charge in [-0.15, -0.1) is 23.1 Å². The molecule has 0 unspecified atom stereocenters. The molecule has 0 saturated carbocycles. The van der Waals surface area contributed by atoms with Crippen molar-refractivity contribution in [3.63, 3.8) is 0 Å². The van der Waals surface area contributed by atoms with E-state index in [1.807, 2.05) is 37.5 Å². The fourth-order valence-corrected chi connectivity index (χ4v) is 3.77. The fourth-order valence-electron chi connectivity index (χ4n) is 2.15. The van der Waals surface area contributed by atoms with Crippen LogP contribution < -0.4 is 0 Å². The third-order valence-corrected chi connectivity index (χ3v) is 5.29. The third-order valence-electron chi connectivity index (χ3n) is 3.27. The predicted octanol–water partition coefficient (Wildman–Crippen LogP) is 4.94. The quantitative estimate of drug-likeness (QED) is 0.637. The Balaban J connectivity index is 2.06. The minimum absolute atomic E-state index is 0.958. The zero-order valence-corrected chi connectivity index (χ0v) is 14.0. The minimum Gasteiger partial charge on any atom is -0.264 e. The summed E-state index contributed by atoms with van der Waals surface area (Å²) in [5.74, 6) is 0. The second-order valence-electron chi connectivity index (χ2n) is 4.69. The molecule has 0 aliphatic heterocycles. The third kappa shape index (κ3) is 2.82. The lowest BCUT2D eigenvalue weighted by Gasteiger charge is -2.05. The molecule has 0 aliphatic carbocycles. The van der Waals surface area contributed by atoms with Gasteiger partial charge in [-0.05, 0) is 31.4 Å². The Hall–Kier alpha value is -1.98. The van der Waals surface area contributed by atoms with Crippen LogP contribution in [-0.4, -0.2) is 21.2 Å². The van der Waals surface area contributed by atoms with Gasteiger partial charge in [0.15, 0.2) is 0 Å². The fraction of sp³-hybridized carbons (Fsp3) is 0.118. The van der Waals surface area contributed by atoms with Gasteiger partial charge in [-0.2, -0.15) is 0 Å². The van der Waals surface area contributed by atoms with Gasteiger partial charge in [-0.3, -0.25) is 9.97 Å². The molecule has 0 radical (unpaired) electrons. The highest BCUT2D eigenvalue weighted by atomic mass is 32.2. The molecule has 0 saturated heterocycles. The lowest BCUT2D eigenvalue weighted by Crippen LogP contribution is -1.87. The van der Waals surface area contributed by atoms with Crippen molar-refractivity contribution in [1.29, 1.82) is 0 Å². The number of hydrogen-bond acceptors (Lipinski definition) is 5. The zero-order chi connectivity index (χ0) is 15.5. The first-order chi connectivity index (χ1) is 10.7. The van der Waals surface area contributed by atoms with Gasteiger partial charge in [0.05, 0.1) is 16.3 Å². The molecule has 110 valence electrons. The maximum atomic E-state index is 4.67. The predicted molar refractivity (Wildman–Crippen MR) is 95.2 cm³/mol. The topological polar surface area (TPSA) is 38.7 Å². The summed E-state index contributed by atoms with van der Waals surface area (Å²) in [5.41, 5.74) is 4.05. The number of thioether (sulfide) groups is 1. The maximum absolute atomic E-state index is 4.67. The highest BCUT2D eigenvalue weighted by Gasteiger charge is 2.13. The lowest BCUT2D eigenvalue weighted by molar-refractivity contribution is 1.22. The van der Waals surface area contributed by atoms with E-state index in [1.165, 1.54) is 4.90 Å². The number of thiazole rings is 1. The van der Waals surface area contributed by atoms with Gasteiger partial charge < -0.3 is 0 Å². The van der Waals surface area contributed by atoms with Gasteiger partial charge in [0, 0.05) is 34.6 Å². The van der Waals surface area contributed by atoms with Crippen LogP contribution in [0.25, 0.3) is 27.2 Å². The van der Waals surface area contributed by atoms with Crippen LogP contribution in [-0.2, 0) is 0 Å². The van der Waals surface area contributed by atoms with E-state index in [0.717, 1.165) is 32.4 Å². The summed E-state index contributed by atoms with van der Waals surface area (Å²) < 4.78 is 0. The van der Waals surface area contributed by atoms with Crippen LogP contribution in [0.15, 0.2) is 48.3 Å². The molecule has 5 heteroatoms. The van der Waals surface area contributed by atoms with Crippen LogP contribution in [0, 0.1) is 6.92 Å². The van der Waals surface area contributed by atoms with Crippen molar-refractivity contribution in [3.8, 4) is 21.1 Å². The monoisotopic (exact) mass is 325 g/mol. The first kappa shape index (κ1) is 14.9. The highest BCUT2D eigenvalue weighted by Crippen LogP contribution is 2.35. The van der Waals surface area contributed by atoms with Crippen LogP contribution in [0.2, 0.25) is 0 Å². The number of rotatable bonds is 4. The SMILES string of the molecule is C=Cc1cnc(-c2sc(-c3cccnc3)nc2C)cc1SC. The van der Waals surface area contributed by atoms with Crippen LogP contribution in [0.1, 0.15) is 11.3 Å². The number of aryl methyl sites for hydroxylation is 1. The smallest absolute Gasteiger partial charge is 0.125 e. The van der Waals surface area contributed by atoms with Gasteiger partial charge in [-0.1, -0.05) is 12.7 Å². The molecule has 0 N–H and O–H groups in total. The number of aromatic nitrogens is 3. The second-order valence-corrected chi connectivity index (χ2v) is 6.54. The largest absolute Gasteiger partial charge is 0.264 e. The van der Waals surface area contributed by atoms with Gasteiger partial charge in [0.2, 0.25) is 0 Å². The van der Waals surface area contributed by atoms with Crippen molar-refractivity contribution >= 4 is 29.2 Å². The number of nitrogens with zero attached hydrogens (tertiary/aromatic N) is 3. The molecule has 0 spiro atoms. The standard InChI is InChI=1S/C17H15N3S2/c1-4-12-10-19-14(8-15(12)21-3)16-11(2)20-17(22-16)13-6-5-7-18-9-13/h4-10H,1H2,2-3H3. The summed E-state index contributed by atoms with van der Waals surface area (Å²) in [7, 11) is 0. The van der Waals surface area contributed by atoms with E-state index < -0.39 is 0 Å². The van der Waals surface area contributed by atoms with Crippen molar-refractivity contribution in [2.75, 3.05) is 6.26 Å². The van der Waals surface area contributed by atoms with Crippen molar-refractivity contribution < 1.29 is 0 Å². The molecule has 22 heavy (non-hydrogen) atoms. The molecule has 3 heterocycles. The first-order valence-electron chi connectivity index (χ1n) is 6.77. The molecule has 0 aliphatic rings. The number of pyridine rings is 2. The van der Waals surface area contributed by atoms with E-state index in [9.17, 15) is 0 Å². The Kier molecular flexibility index (Phi) is 4.36. The Morgan fingerprint density at radius 2 is 2.18 bits per heavy atom. The molecular weight excluding hydrogens is 310 g/mol. The Morgan fingerprint density at radius 1 is 1.32 bits per heavy atom. The summed E-state index contributed by atoms with van der Waals surface area (Å²) in [5, 5.41) is 0.973. The molecule has 3 rings (SSSR count). The molecule has 3 aromatic rings. The van der Waals surface area contributed by atoms with E-state index >= 15 is 0 Å². The van der Waals surface area contributed by atoms with Crippen molar-refractivity contribution in [1.82, 2.24) is 15.0 Å². The molecular formula is C17H15N3S2. The van der Waals surface area contributed by atoms with E-state index in [0.29, 0.717) is 0 Å². The maximum Gasteiger partial charge on any atom is 0.125 e. The summed E-state index contributed by atoms with van der Waals surface area (Å²) in [6.45, 7) is 5.85. The van der Waals surface area contributed by atoms with E-state index in [-0.39, 0.29) is 0 Å². The molecule has 3 nitrogen and oxygen atoms in total. The second kappa shape index (κ2) is 6.42. The Bertz CT molecular complexity index is 810. The average molecular weight is 325 g/mol. The number of hydrogen-bond donors (Lipinski definition) is 0. The van der Waals surface area contributed by atoms with E-state index in [1.54, 1.807) is 29.3 Å². The van der Waals surface area contributed by atoms with Crippen LogP contribution in [0.4, 0.5) is 0 Å². The van der Waals surface area contributed by atoms with Crippen molar-refractivity contribution in [2.24, 2.45) is 0 Å². The Morgan fingerprint density at radius 3 is 2.86 bits per heavy atom. The summed E-state index contributed by atoms with van der Waals surface area (Å²) in [4.78, 5) is 15.7. The first-order valence-corrected chi connectivity index (χ1v) is 8.81. The minimum atomic E-state index is 0.958. The van der Waals surface area contributed by atoms with Crippen LogP contribution in [0.5, 0.6) is 0 Å². The zero-order valence-electron chi connectivity index (χ0n) is 12.4. The molecule has 0 aromatic carbocycles. The lowest BCUT2D eigenvalue weighted by atomic mass is 10.2. The van der Waals surface area contributed by atoms with Gasteiger partial charge in [0.25, 0.3) is 0 Å². The van der Waals surface area contributed by atoms with Crippen LogP contribution in [0.3, 0.4) is 0 Å². The van der Waals surface area contributed by atoms with Gasteiger partial charge in [-0.25, -0.2) is 4.98 Å². The van der Waals surface area contributed by atoms with E-state index in [4.69, 9.17) is 0 Å². The molecule has 0 bridgehead atoms. The van der Waals surface area contributed by atoms with Crippen LogP contribution >= 0.6 is 23.1 Å². The summed E-state index contributed by atoms with van der Waals surface area (Å²) >= 11 is 3.35. The summed E-state index contributed by atoms with van der Waals surface area (Å²) in [6, 6.07) is 6.06. The normalized spacial score (nSPS) is 10.6. The van der Waals surface area contributed by atoms with Crippen molar-refractivity contribution in [2.45, 2.75) is 11.8 Å². The summed E-state index contributed by atoms with van der Waals surface area (Å²) in [6.07, 6.45) is 9.38. The average Bonchev–Trinajstić information content (AvgIpc) is 2.97. The highest BCUT2D eigenvalue weighted by molar-refractivity contribution is 7.98. The Labute approximate surface area is 138 Å².